The van der Waals surface area contributed by atoms with Crippen molar-refractivity contribution in [2.75, 3.05) is 10.7 Å². The highest BCUT2D eigenvalue weighted by Gasteiger charge is 2.28. The lowest BCUT2D eigenvalue weighted by Gasteiger charge is -2.30. The van der Waals surface area contributed by atoms with Gasteiger partial charge in [-0.1, -0.05) is 74.5 Å². The highest BCUT2D eigenvalue weighted by Crippen LogP contribution is 2.37. The molecule has 0 aliphatic rings. The van der Waals surface area contributed by atoms with Gasteiger partial charge in [0.1, 0.15) is 0 Å². The molecule has 0 saturated heterocycles. The Labute approximate surface area is 130 Å². The number of halogens is 4. The van der Waals surface area contributed by atoms with Gasteiger partial charge in [-0.15, -0.1) is 0 Å². The van der Waals surface area contributed by atoms with Crippen molar-refractivity contribution in [1.29, 1.82) is 0 Å². The average molecular weight is 403 g/mol. The second kappa shape index (κ2) is 7.37. The Kier molecular flexibility index (Phi) is 6.86. The van der Waals surface area contributed by atoms with Crippen molar-refractivity contribution in [3.8, 4) is 0 Å². The summed E-state index contributed by atoms with van der Waals surface area (Å²) in [4.78, 5) is 0. The predicted molar refractivity (Wildman–Crippen MR) is 85.1 cm³/mol. The van der Waals surface area contributed by atoms with E-state index in [0.29, 0.717) is 0 Å². The molecule has 0 heterocycles. The lowest BCUT2D eigenvalue weighted by atomic mass is 9.81. The second-order valence-corrected chi connectivity index (χ2v) is 6.33. The monoisotopic (exact) mass is 400 g/mol. The van der Waals surface area contributed by atoms with Crippen molar-refractivity contribution in [1.82, 2.24) is 0 Å². The Morgan fingerprint density at radius 3 is 2.06 bits per heavy atom. The Morgan fingerprint density at radius 2 is 1.65 bits per heavy atom. The molecule has 0 saturated carbocycles. The Bertz CT molecular complexity index is 342. The topological polar surface area (TPSA) is 0 Å². The normalized spacial score (nSPS) is 11.8. The number of hydrogen-bond donors (Lipinski definition) is 0. The molecule has 1 rings (SSSR count). The van der Waals surface area contributed by atoms with E-state index in [9.17, 15) is 0 Å². The van der Waals surface area contributed by atoms with Gasteiger partial charge in [0, 0.05) is 20.7 Å². The predicted octanol–water partition coefficient (Wildman–Crippen LogP) is 6.11. The quantitative estimate of drug-likeness (QED) is 0.503. The third-order valence-electron chi connectivity index (χ3n) is 2.96. The lowest BCUT2D eigenvalue weighted by Crippen LogP contribution is -2.27. The maximum absolute atomic E-state index is 6.23. The van der Waals surface area contributed by atoms with Crippen molar-refractivity contribution in [2.45, 2.75) is 26.2 Å². The van der Waals surface area contributed by atoms with Crippen LogP contribution >= 0.6 is 55.1 Å². The van der Waals surface area contributed by atoms with Crippen LogP contribution in [0.15, 0.2) is 18.2 Å². The third kappa shape index (κ3) is 4.12. The lowest BCUT2D eigenvalue weighted by molar-refractivity contribution is 0.352. The van der Waals surface area contributed by atoms with Crippen LogP contribution in [0.5, 0.6) is 0 Å². The van der Waals surface area contributed by atoms with E-state index in [1.807, 2.05) is 18.2 Å². The SMILES string of the molecule is CCCC(CBr)(CBr)Cc1c(Cl)cccc1Cl. The van der Waals surface area contributed by atoms with Crippen LogP contribution in [-0.4, -0.2) is 10.7 Å². The highest BCUT2D eigenvalue weighted by atomic mass is 79.9. The maximum Gasteiger partial charge on any atom is 0.0453 e. The minimum atomic E-state index is 0.184. The second-order valence-electron chi connectivity index (χ2n) is 4.39. The van der Waals surface area contributed by atoms with Crippen molar-refractivity contribution in [3.63, 3.8) is 0 Å². The summed E-state index contributed by atoms with van der Waals surface area (Å²) in [6.45, 7) is 2.20. The molecule has 0 nitrogen and oxygen atoms in total. The maximum atomic E-state index is 6.23. The summed E-state index contributed by atoms with van der Waals surface area (Å²) in [5.74, 6) is 0. The van der Waals surface area contributed by atoms with Gasteiger partial charge in [-0.2, -0.15) is 0 Å². The van der Waals surface area contributed by atoms with Crippen LogP contribution in [0.1, 0.15) is 25.3 Å². The van der Waals surface area contributed by atoms with E-state index >= 15 is 0 Å². The van der Waals surface area contributed by atoms with Crippen LogP contribution in [0, 0.1) is 5.41 Å². The minimum absolute atomic E-state index is 0.184. The zero-order valence-corrected chi connectivity index (χ0v) is 14.5. The molecule has 96 valence electrons. The first-order chi connectivity index (χ1) is 8.08. The number of rotatable bonds is 6. The molecular weight excluding hydrogens is 387 g/mol. The molecule has 0 atom stereocenters. The van der Waals surface area contributed by atoms with E-state index in [0.717, 1.165) is 45.5 Å². The van der Waals surface area contributed by atoms with Gasteiger partial charge in [-0.3, -0.25) is 0 Å². The van der Waals surface area contributed by atoms with Gasteiger partial charge in [0.2, 0.25) is 0 Å². The molecule has 0 bridgehead atoms. The Balaban J connectivity index is 3.01. The fourth-order valence-corrected chi connectivity index (χ4v) is 4.38. The number of alkyl halides is 2. The summed E-state index contributed by atoms with van der Waals surface area (Å²) < 4.78 is 0. The molecule has 0 amide bonds. The molecule has 0 N–H and O–H groups in total. The summed E-state index contributed by atoms with van der Waals surface area (Å²) >= 11 is 19.7. The van der Waals surface area contributed by atoms with E-state index in [-0.39, 0.29) is 5.41 Å². The molecule has 17 heavy (non-hydrogen) atoms. The molecule has 0 aliphatic heterocycles. The number of hydrogen-bond acceptors (Lipinski definition) is 0. The van der Waals surface area contributed by atoms with Gasteiger partial charge in [0.05, 0.1) is 0 Å². The molecule has 0 radical (unpaired) electrons. The fraction of sp³-hybridized carbons (Fsp3) is 0.538. The largest absolute Gasteiger partial charge is 0.0922 e. The van der Waals surface area contributed by atoms with Crippen LogP contribution in [0.2, 0.25) is 10.0 Å². The van der Waals surface area contributed by atoms with Gasteiger partial charge >= 0.3 is 0 Å². The smallest absolute Gasteiger partial charge is 0.0453 e. The van der Waals surface area contributed by atoms with Gasteiger partial charge in [-0.05, 0) is 36.0 Å². The first-order valence-electron chi connectivity index (χ1n) is 5.63. The first kappa shape index (κ1) is 15.8. The van der Waals surface area contributed by atoms with Crippen LogP contribution in [0.3, 0.4) is 0 Å². The van der Waals surface area contributed by atoms with Crippen LogP contribution < -0.4 is 0 Å². The summed E-state index contributed by atoms with van der Waals surface area (Å²) in [5.41, 5.74) is 1.24. The van der Waals surface area contributed by atoms with E-state index in [1.165, 1.54) is 0 Å². The van der Waals surface area contributed by atoms with Crippen LogP contribution in [-0.2, 0) is 6.42 Å². The third-order valence-corrected chi connectivity index (χ3v) is 6.05. The summed E-state index contributed by atoms with van der Waals surface area (Å²) in [7, 11) is 0. The van der Waals surface area contributed by atoms with Crippen molar-refractivity contribution < 1.29 is 0 Å². The van der Waals surface area contributed by atoms with Crippen LogP contribution in [0.25, 0.3) is 0 Å². The Hall–Kier alpha value is 0.760. The number of benzene rings is 1. The van der Waals surface area contributed by atoms with Gasteiger partial charge < -0.3 is 0 Å². The molecule has 0 aromatic heterocycles. The summed E-state index contributed by atoms with van der Waals surface area (Å²) in [5, 5.41) is 3.42. The Morgan fingerprint density at radius 1 is 1.12 bits per heavy atom. The standard InChI is InChI=1S/C13H16Br2Cl2/c1-2-6-13(8-14,9-15)7-10-11(16)4-3-5-12(10)17/h3-5H,2,6-9H2,1H3. The van der Waals surface area contributed by atoms with Crippen molar-refractivity contribution in [2.24, 2.45) is 5.41 Å². The van der Waals surface area contributed by atoms with E-state index in [1.54, 1.807) is 0 Å². The van der Waals surface area contributed by atoms with Gasteiger partial charge in [0.25, 0.3) is 0 Å². The molecule has 0 unspecified atom stereocenters. The zero-order valence-electron chi connectivity index (χ0n) is 9.78. The molecule has 0 aliphatic carbocycles. The fourth-order valence-electron chi connectivity index (χ4n) is 1.96. The van der Waals surface area contributed by atoms with E-state index < -0.39 is 0 Å². The highest BCUT2D eigenvalue weighted by molar-refractivity contribution is 9.09. The molecular formula is C13H16Br2Cl2. The minimum Gasteiger partial charge on any atom is -0.0922 e. The molecule has 0 spiro atoms. The molecule has 4 heteroatoms. The van der Waals surface area contributed by atoms with Crippen molar-refractivity contribution >= 4 is 55.1 Å². The molecule has 1 aromatic carbocycles. The molecule has 0 fully saturated rings. The van der Waals surface area contributed by atoms with Gasteiger partial charge in [0.15, 0.2) is 0 Å². The van der Waals surface area contributed by atoms with Gasteiger partial charge in [-0.25, -0.2) is 0 Å². The summed E-state index contributed by atoms with van der Waals surface area (Å²) in [6, 6.07) is 5.70. The zero-order chi connectivity index (χ0) is 12.9. The van der Waals surface area contributed by atoms with Crippen LogP contribution in [0.4, 0.5) is 0 Å². The van der Waals surface area contributed by atoms with Crippen molar-refractivity contribution in [3.05, 3.63) is 33.8 Å². The van der Waals surface area contributed by atoms with E-state index in [2.05, 4.69) is 38.8 Å². The first-order valence-corrected chi connectivity index (χ1v) is 8.63. The van der Waals surface area contributed by atoms with E-state index in [4.69, 9.17) is 23.2 Å². The molecule has 1 aromatic rings. The average Bonchev–Trinajstić information content (AvgIpc) is 2.33. The summed E-state index contributed by atoms with van der Waals surface area (Å²) in [6.07, 6.45) is 3.19.